The molecule has 0 bridgehead atoms. The average molecular weight is 272 g/mol. The molecule has 0 radical (unpaired) electrons. The van der Waals surface area contributed by atoms with Crippen molar-refractivity contribution in [2.45, 2.75) is 59.8 Å². The smallest absolute Gasteiger partial charge is 0.136 e. The Hall–Kier alpha value is -1.11. The van der Waals surface area contributed by atoms with Crippen molar-refractivity contribution >= 4 is 5.78 Å². The van der Waals surface area contributed by atoms with Gasteiger partial charge in [0.2, 0.25) is 0 Å². The van der Waals surface area contributed by atoms with Crippen LogP contribution in [-0.2, 0) is 17.6 Å². The Kier molecular flexibility index (Phi) is 4.67. The molecule has 1 saturated carbocycles. The number of benzene rings is 1. The van der Waals surface area contributed by atoms with E-state index in [0.717, 1.165) is 32.1 Å². The van der Waals surface area contributed by atoms with Gasteiger partial charge in [-0.15, -0.1) is 0 Å². The van der Waals surface area contributed by atoms with Crippen molar-refractivity contribution in [3.63, 3.8) is 0 Å². The molecule has 0 heterocycles. The van der Waals surface area contributed by atoms with Crippen LogP contribution in [0.2, 0.25) is 0 Å². The second kappa shape index (κ2) is 6.11. The summed E-state index contributed by atoms with van der Waals surface area (Å²) >= 11 is 0. The van der Waals surface area contributed by atoms with Crippen LogP contribution in [0.5, 0.6) is 0 Å². The maximum Gasteiger partial charge on any atom is 0.136 e. The standard InChI is InChI=1S/C19H28O/c1-5-14-6-8-15(9-7-14)12-16-13-17(19(2,3)4)10-11-18(16)20/h6-9,16-17H,5,10-13H2,1-4H3. The van der Waals surface area contributed by atoms with Crippen molar-refractivity contribution in [3.05, 3.63) is 35.4 Å². The molecule has 1 aromatic rings. The fraction of sp³-hybridized carbons (Fsp3) is 0.632. The number of hydrogen-bond donors (Lipinski definition) is 0. The molecule has 2 unspecified atom stereocenters. The maximum atomic E-state index is 12.2. The second-order valence-corrected chi connectivity index (χ2v) is 7.37. The molecule has 1 aromatic carbocycles. The predicted octanol–water partition coefficient (Wildman–Crippen LogP) is 4.82. The van der Waals surface area contributed by atoms with Crippen molar-refractivity contribution in [2.75, 3.05) is 0 Å². The first-order chi connectivity index (χ1) is 9.40. The van der Waals surface area contributed by atoms with Gasteiger partial charge in [0.15, 0.2) is 0 Å². The molecule has 1 heteroatoms. The SMILES string of the molecule is CCc1ccc(CC2CC(C(C)(C)C)CCC2=O)cc1. The van der Waals surface area contributed by atoms with E-state index in [0.29, 0.717) is 17.1 Å². The van der Waals surface area contributed by atoms with Crippen molar-refractivity contribution in [1.82, 2.24) is 0 Å². The van der Waals surface area contributed by atoms with Crippen LogP contribution in [-0.4, -0.2) is 5.78 Å². The first-order valence-electron chi connectivity index (χ1n) is 8.00. The van der Waals surface area contributed by atoms with Crippen molar-refractivity contribution in [1.29, 1.82) is 0 Å². The topological polar surface area (TPSA) is 17.1 Å². The molecule has 0 aromatic heterocycles. The van der Waals surface area contributed by atoms with Gasteiger partial charge in [0.1, 0.15) is 5.78 Å². The summed E-state index contributed by atoms with van der Waals surface area (Å²) < 4.78 is 0. The van der Waals surface area contributed by atoms with Crippen molar-refractivity contribution in [3.8, 4) is 0 Å². The van der Waals surface area contributed by atoms with E-state index in [-0.39, 0.29) is 5.92 Å². The highest BCUT2D eigenvalue weighted by Gasteiger charge is 2.34. The molecule has 1 fully saturated rings. The van der Waals surface area contributed by atoms with E-state index < -0.39 is 0 Å². The summed E-state index contributed by atoms with van der Waals surface area (Å²) in [4.78, 5) is 12.2. The van der Waals surface area contributed by atoms with Crippen molar-refractivity contribution in [2.24, 2.45) is 17.3 Å². The molecule has 0 amide bonds. The predicted molar refractivity (Wildman–Crippen MR) is 84.8 cm³/mol. The third-order valence-electron chi connectivity index (χ3n) is 4.90. The largest absolute Gasteiger partial charge is 0.299 e. The zero-order chi connectivity index (χ0) is 14.8. The van der Waals surface area contributed by atoms with E-state index in [1.807, 2.05) is 0 Å². The molecule has 0 N–H and O–H groups in total. The Morgan fingerprint density at radius 2 is 1.70 bits per heavy atom. The van der Waals surface area contributed by atoms with Crippen LogP contribution < -0.4 is 0 Å². The molecule has 2 rings (SSSR count). The van der Waals surface area contributed by atoms with Crippen molar-refractivity contribution < 1.29 is 4.79 Å². The third kappa shape index (κ3) is 3.71. The zero-order valence-corrected chi connectivity index (χ0v) is 13.4. The summed E-state index contributed by atoms with van der Waals surface area (Å²) in [6.07, 6.45) is 4.93. The molecule has 0 aliphatic heterocycles. The quantitative estimate of drug-likeness (QED) is 0.770. The van der Waals surface area contributed by atoms with E-state index >= 15 is 0 Å². The van der Waals surface area contributed by atoms with Gasteiger partial charge in [-0.2, -0.15) is 0 Å². The molecule has 1 nitrogen and oxygen atoms in total. The summed E-state index contributed by atoms with van der Waals surface area (Å²) in [6, 6.07) is 8.80. The molecule has 2 atom stereocenters. The Morgan fingerprint density at radius 3 is 2.25 bits per heavy atom. The van der Waals surface area contributed by atoms with Crippen LogP contribution in [0.1, 0.15) is 58.1 Å². The highest BCUT2D eigenvalue weighted by molar-refractivity contribution is 5.82. The molecule has 0 spiro atoms. The average Bonchev–Trinajstić information content (AvgIpc) is 2.41. The Balaban J connectivity index is 2.04. The van der Waals surface area contributed by atoms with Crippen LogP contribution in [0, 0.1) is 17.3 Å². The number of carbonyl (C=O) groups excluding carboxylic acids is 1. The van der Waals surface area contributed by atoms with Crippen LogP contribution in [0.25, 0.3) is 0 Å². The minimum absolute atomic E-state index is 0.237. The summed E-state index contributed by atoms with van der Waals surface area (Å²) in [5, 5.41) is 0. The number of hydrogen-bond acceptors (Lipinski definition) is 1. The number of rotatable bonds is 3. The normalized spacial score (nSPS) is 23.9. The lowest BCUT2D eigenvalue weighted by atomic mass is 9.67. The molecule has 20 heavy (non-hydrogen) atoms. The first-order valence-corrected chi connectivity index (χ1v) is 8.00. The van der Waals surface area contributed by atoms with Crippen LogP contribution >= 0.6 is 0 Å². The highest BCUT2D eigenvalue weighted by atomic mass is 16.1. The monoisotopic (exact) mass is 272 g/mol. The van der Waals surface area contributed by atoms with Gasteiger partial charge < -0.3 is 0 Å². The summed E-state index contributed by atoms with van der Waals surface area (Å²) in [5.41, 5.74) is 3.01. The highest BCUT2D eigenvalue weighted by Crippen LogP contribution is 2.39. The molecule has 1 aliphatic rings. The van der Waals surface area contributed by atoms with E-state index in [1.54, 1.807) is 0 Å². The van der Waals surface area contributed by atoms with E-state index in [1.165, 1.54) is 11.1 Å². The zero-order valence-electron chi connectivity index (χ0n) is 13.4. The number of carbonyl (C=O) groups is 1. The molecule has 1 aliphatic carbocycles. The number of ketones is 1. The minimum atomic E-state index is 0.237. The van der Waals surface area contributed by atoms with Gasteiger partial charge in [-0.1, -0.05) is 52.0 Å². The molecule has 110 valence electrons. The van der Waals surface area contributed by atoms with Gasteiger partial charge in [-0.05, 0) is 48.1 Å². The summed E-state index contributed by atoms with van der Waals surface area (Å²) in [6.45, 7) is 9.09. The number of Topliss-reactive ketones (excluding diaryl/α,β-unsaturated/α-hetero) is 1. The van der Waals surface area contributed by atoms with E-state index in [4.69, 9.17) is 0 Å². The van der Waals surface area contributed by atoms with Gasteiger partial charge in [0.25, 0.3) is 0 Å². The Labute approximate surface area is 123 Å². The molecule has 0 saturated heterocycles. The van der Waals surface area contributed by atoms with E-state index in [9.17, 15) is 4.79 Å². The summed E-state index contributed by atoms with van der Waals surface area (Å²) in [5.74, 6) is 1.39. The lowest BCUT2D eigenvalue weighted by molar-refractivity contribution is -0.126. The van der Waals surface area contributed by atoms with E-state index in [2.05, 4.69) is 52.0 Å². The Morgan fingerprint density at radius 1 is 1.10 bits per heavy atom. The van der Waals surface area contributed by atoms with Crippen LogP contribution in [0.3, 0.4) is 0 Å². The fourth-order valence-electron chi connectivity index (χ4n) is 3.29. The van der Waals surface area contributed by atoms with Gasteiger partial charge in [0, 0.05) is 12.3 Å². The molecular weight excluding hydrogens is 244 g/mol. The van der Waals surface area contributed by atoms with Gasteiger partial charge >= 0.3 is 0 Å². The lowest BCUT2D eigenvalue weighted by Crippen LogP contribution is -2.33. The Bertz CT molecular complexity index is 450. The van der Waals surface area contributed by atoms with Gasteiger partial charge in [-0.3, -0.25) is 4.79 Å². The first kappa shape index (κ1) is 15.3. The lowest BCUT2D eigenvalue weighted by Gasteiger charge is -2.37. The molecular formula is C19H28O. The number of aryl methyl sites for hydroxylation is 1. The fourth-order valence-corrected chi connectivity index (χ4v) is 3.29. The summed E-state index contributed by atoms with van der Waals surface area (Å²) in [7, 11) is 0. The third-order valence-corrected chi connectivity index (χ3v) is 4.90. The van der Waals surface area contributed by atoms with Gasteiger partial charge in [-0.25, -0.2) is 0 Å². The minimum Gasteiger partial charge on any atom is -0.299 e. The maximum absolute atomic E-state index is 12.2. The van der Waals surface area contributed by atoms with Crippen LogP contribution in [0.4, 0.5) is 0 Å². The van der Waals surface area contributed by atoms with Crippen LogP contribution in [0.15, 0.2) is 24.3 Å². The second-order valence-electron chi connectivity index (χ2n) is 7.37. The van der Waals surface area contributed by atoms with Gasteiger partial charge in [0.05, 0.1) is 0 Å².